The molecule has 1 aromatic carbocycles. The number of hydrogen-bond acceptors (Lipinski definition) is 1. The molecule has 2 rings (SSSR count). The van der Waals surface area contributed by atoms with Gasteiger partial charge in [-0.2, -0.15) is 0 Å². The Bertz CT molecular complexity index is 433. The Morgan fingerprint density at radius 2 is 1.89 bits per heavy atom. The molecule has 5 heteroatoms. The molecule has 98 valence electrons. The highest BCUT2D eigenvalue weighted by Gasteiger charge is 2.31. The highest BCUT2D eigenvalue weighted by molar-refractivity contribution is 6.19. The summed E-state index contributed by atoms with van der Waals surface area (Å²) in [6, 6.07) is 5.93. The van der Waals surface area contributed by atoms with Crippen LogP contribution in [-0.4, -0.2) is 12.2 Å². The van der Waals surface area contributed by atoms with Crippen molar-refractivity contribution in [2.75, 3.05) is 5.88 Å². The Hall–Kier alpha value is -1.16. The second-order valence-corrected chi connectivity index (χ2v) is 4.47. The summed E-state index contributed by atoms with van der Waals surface area (Å²) in [5, 5.41) is 0. The first kappa shape index (κ1) is 13.3. The van der Waals surface area contributed by atoms with Crippen LogP contribution in [0.4, 0.5) is 13.2 Å². The van der Waals surface area contributed by atoms with Gasteiger partial charge in [-0.1, -0.05) is 18.2 Å². The molecule has 0 amide bonds. The van der Waals surface area contributed by atoms with E-state index < -0.39 is 6.36 Å². The quantitative estimate of drug-likeness (QED) is 0.729. The molecule has 0 heterocycles. The van der Waals surface area contributed by atoms with Crippen LogP contribution in [0.15, 0.2) is 30.3 Å². The molecule has 0 N–H and O–H groups in total. The summed E-state index contributed by atoms with van der Waals surface area (Å²) >= 11 is 5.69. The van der Waals surface area contributed by atoms with Crippen LogP contribution >= 0.6 is 11.6 Å². The van der Waals surface area contributed by atoms with Crippen molar-refractivity contribution in [3.63, 3.8) is 0 Å². The van der Waals surface area contributed by atoms with Gasteiger partial charge in [-0.15, -0.1) is 24.8 Å². The van der Waals surface area contributed by atoms with Crippen molar-refractivity contribution in [2.45, 2.75) is 19.2 Å². The molecule has 0 bridgehead atoms. The zero-order chi connectivity index (χ0) is 13.2. The lowest BCUT2D eigenvalue weighted by Crippen LogP contribution is -2.17. The van der Waals surface area contributed by atoms with Crippen molar-refractivity contribution in [3.05, 3.63) is 35.9 Å². The lowest BCUT2D eigenvalue weighted by Gasteiger charge is -2.10. The number of halogens is 4. The van der Waals surface area contributed by atoms with Gasteiger partial charge < -0.3 is 4.74 Å². The van der Waals surface area contributed by atoms with Gasteiger partial charge in [0.1, 0.15) is 5.75 Å². The molecule has 1 fully saturated rings. The molecule has 1 nitrogen and oxygen atoms in total. The van der Waals surface area contributed by atoms with Crippen molar-refractivity contribution in [1.29, 1.82) is 0 Å². The Labute approximate surface area is 108 Å². The maximum absolute atomic E-state index is 12.0. The normalized spacial score (nSPS) is 16.8. The number of rotatable bonds is 4. The van der Waals surface area contributed by atoms with Crippen molar-refractivity contribution in [1.82, 2.24) is 0 Å². The minimum absolute atomic E-state index is 0.202. The summed E-state index contributed by atoms with van der Waals surface area (Å²) in [5.74, 6) is 0.706. The second-order valence-electron chi connectivity index (χ2n) is 4.16. The van der Waals surface area contributed by atoms with Gasteiger partial charge in [0.05, 0.1) is 0 Å². The highest BCUT2D eigenvalue weighted by Crippen LogP contribution is 2.42. The first-order valence-electron chi connectivity index (χ1n) is 5.62. The Kier molecular flexibility index (Phi) is 3.85. The SMILES string of the molecule is FC(F)(F)Oc1ccc(C(=CCCl)C2CC2)cc1. The minimum atomic E-state index is -4.65. The van der Waals surface area contributed by atoms with Crippen LogP contribution in [0.5, 0.6) is 5.75 Å². The number of ether oxygens (including phenoxy) is 1. The smallest absolute Gasteiger partial charge is 0.406 e. The number of benzene rings is 1. The molecular formula is C13H12ClF3O. The number of hydrogen-bond donors (Lipinski definition) is 0. The van der Waals surface area contributed by atoms with E-state index >= 15 is 0 Å². The van der Waals surface area contributed by atoms with Gasteiger partial charge >= 0.3 is 6.36 Å². The van der Waals surface area contributed by atoms with Gasteiger partial charge in [-0.3, -0.25) is 0 Å². The van der Waals surface area contributed by atoms with Gasteiger partial charge in [0.15, 0.2) is 0 Å². The van der Waals surface area contributed by atoms with Crippen LogP contribution in [0.2, 0.25) is 0 Å². The summed E-state index contributed by atoms with van der Waals surface area (Å²) in [7, 11) is 0. The van der Waals surface area contributed by atoms with Gasteiger partial charge in [0, 0.05) is 5.88 Å². The van der Waals surface area contributed by atoms with E-state index in [0.29, 0.717) is 11.8 Å². The van der Waals surface area contributed by atoms with E-state index in [4.69, 9.17) is 11.6 Å². The predicted molar refractivity (Wildman–Crippen MR) is 64.5 cm³/mol. The summed E-state index contributed by atoms with van der Waals surface area (Å²) in [4.78, 5) is 0. The third-order valence-corrected chi connectivity index (χ3v) is 2.89. The molecular weight excluding hydrogens is 265 g/mol. The lowest BCUT2D eigenvalue weighted by atomic mass is 10.0. The van der Waals surface area contributed by atoms with Crippen molar-refractivity contribution >= 4 is 17.2 Å². The van der Waals surface area contributed by atoms with E-state index in [9.17, 15) is 13.2 Å². The average Bonchev–Trinajstić information content (AvgIpc) is 3.09. The Morgan fingerprint density at radius 1 is 1.28 bits per heavy atom. The second kappa shape index (κ2) is 5.22. The molecule has 0 spiro atoms. The van der Waals surface area contributed by atoms with Crippen LogP contribution < -0.4 is 4.74 Å². The van der Waals surface area contributed by atoms with Gasteiger partial charge in [-0.05, 0) is 42.0 Å². The molecule has 1 aromatic rings. The van der Waals surface area contributed by atoms with E-state index in [-0.39, 0.29) is 5.75 Å². The molecule has 0 unspecified atom stereocenters. The predicted octanol–water partition coefficient (Wildman–Crippen LogP) is 4.62. The molecule has 18 heavy (non-hydrogen) atoms. The van der Waals surface area contributed by atoms with E-state index in [1.54, 1.807) is 12.1 Å². The molecule has 1 aliphatic carbocycles. The fourth-order valence-corrected chi connectivity index (χ4v) is 2.01. The average molecular weight is 277 g/mol. The monoisotopic (exact) mass is 276 g/mol. The minimum Gasteiger partial charge on any atom is -0.406 e. The molecule has 0 aromatic heterocycles. The number of alkyl halides is 4. The zero-order valence-corrected chi connectivity index (χ0v) is 10.3. The highest BCUT2D eigenvalue weighted by atomic mass is 35.5. The summed E-state index contributed by atoms with van der Waals surface area (Å²) in [6.45, 7) is 0. The maximum Gasteiger partial charge on any atom is 0.573 e. The summed E-state index contributed by atoms with van der Waals surface area (Å²) < 4.78 is 39.9. The van der Waals surface area contributed by atoms with E-state index in [0.717, 1.165) is 24.0 Å². The van der Waals surface area contributed by atoms with Crippen molar-refractivity contribution < 1.29 is 17.9 Å². The summed E-state index contributed by atoms with van der Waals surface area (Å²) in [5.41, 5.74) is 2.02. The standard InChI is InChI=1S/C13H12ClF3O/c14-8-7-12(9-1-2-9)10-3-5-11(6-4-10)18-13(15,16)17/h3-7,9H,1-2,8H2. The molecule has 0 saturated heterocycles. The van der Waals surface area contributed by atoms with Crippen LogP contribution in [0.3, 0.4) is 0 Å². The van der Waals surface area contributed by atoms with Gasteiger partial charge in [0.25, 0.3) is 0 Å². The molecule has 1 aliphatic rings. The van der Waals surface area contributed by atoms with E-state index in [1.807, 2.05) is 6.08 Å². The van der Waals surface area contributed by atoms with Crippen LogP contribution in [0, 0.1) is 5.92 Å². The third kappa shape index (κ3) is 3.67. The van der Waals surface area contributed by atoms with Crippen molar-refractivity contribution in [2.24, 2.45) is 5.92 Å². The first-order valence-corrected chi connectivity index (χ1v) is 6.15. The van der Waals surface area contributed by atoms with E-state index in [1.165, 1.54) is 12.1 Å². The topological polar surface area (TPSA) is 9.23 Å². The number of allylic oxidation sites excluding steroid dienone is 2. The first-order chi connectivity index (χ1) is 8.49. The molecule has 0 aliphatic heterocycles. The maximum atomic E-state index is 12.0. The Balaban J connectivity index is 2.13. The van der Waals surface area contributed by atoms with E-state index in [2.05, 4.69) is 4.74 Å². The molecule has 1 saturated carbocycles. The van der Waals surface area contributed by atoms with Gasteiger partial charge in [0.2, 0.25) is 0 Å². The molecule has 0 radical (unpaired) electrons. The fraction of sp³-hybridized carbons (Fsp3) is 0.385. The largest absolute Gasteiger partial charge is 0.573 e. The fourth-order valence-electron chi connectivity index (χ4n) is 1.85. The van der Waals surface area contributed by atoms with Crippen LogP contribution in [0.25, 0.3) is 5.57 Å². The van der Waals surface area contributed by atoms with Crippen molar-refractivity contribution in [3.8, 4) is 5.75 Å². The van der Waals surface area contributed by atoms with Crippen LogP contribution in [-0.2, 0) is 0 Å². The molecule has 0 atom stereocenters. The lowest BCUT2D eigenvalue weighted by molar-refractivity contribution is -0.274. The Morgan fingerprint density at radius 3 is 2.33 bits per heavy atom. The zero-order valence-electron chi connectivity index (χ0n) is 9.51. The summed E-state index contributed by atoms with van der Waals surface area (Å²) in [6.07, 6.45) is -0.501. The van der Waals surface area contributed by atoms with Gasteiger partial charge in [-0.25, -0.2) is 0 Å². The third-order valence-electron chi connectivity index (χ3n) is 2.74. The van der Waals surface area contributed by atoms with Crippen LogP contribution in [0.1, 0.15) is 18.4 Å².